The topological polar surface area (TPSA) is 226 Å². The molecule has 2 rings (SSSR count). The third-order valence-electron chi connectivity index (χ3n) is 4.38. The van der Waals surface area contributed by atoms with Gasteiger partial charge in [-0.05, 0) is 20.3 Å². The lowest BCUT2D eigenvalue weighted by atomic mass is 9.98. The number of carbonyl (C=O) groups excluding carboxylic acids is 2. The highest BCUT2D eigenvalue weighted by atomic mass is 32.2. The molecule has 1 aromatic heterocycles. The minimum Gasteiger partial charge on any atom is -0.478 e. The molecule has 0 bridgehead atoms. The molecule has 1 aliphatic rings. The number of oxime groups is 1. The summed E-state index contributed by atoms with van der Waals surface area (Å²) in [5, 5.41) is 16.6. The first kappa shape index (κ1) is 26.4. The van der Waals surface area contributed by atoms with Crippen LogP contribution in [0.15, 0.2) is 10.5 Å². The Labute approximate surface area is 193 Å². The van der Waals surface area contributed by atoms with Crippen LogP contribution in [-0.4, -0.2) is 81.6 Å². The van der Waals surface area contributed by atoms with E-state index in [0.29, 0.717) is 6.54 Å². The van der Waals surface area contributed by atoms with Crippen molar-refractivity contribution in [3.63, 3.8) is 0 Å². The quantitative estimate of drug-likeness (QED) is 0.0612. The Morgan fingerprint density at radius 1 is 1.39 bits per heavy atom. The van der Waals surface area contributed by atoms with Crippen LogP contribution < -0.4 is 21.9 Å². The molecule has 184 valence electrons. The number of nitrogens with two attached hydrogens (primary N) is 1. The number of aromatic nitrogens is 1. The minimum absolute atomic E-state index is 0.0473. The van der Waals surface area contributed by atoms with Crippen LogP contribution in [0.4, 0.5) is 5.13 Å². The van der Waals surface area contributed by atoms with Crippen molar-refractivity contribution >= 4 is 50.3 Å². The molecule has 0 unspecified atom stereocenters. The van der Waals surface area contributed by atoms with Gasteiger partial charge < -0.3 is 21.0 Å². The number of nitrogens with one attached hydrogen (secondary N) is 3. The first-order valence-corrected chi connectivity index (χ1v) is 11.9. The van der Waals surface area contributed by atoms with Crippen LogP contribution in [-0.2, 0) is 29.5 Å². The maximum absolute atomic E-state index is 12.9. The SMILES string of the molecule is CCCNNC[C@@H]1[C@H](NC(=O)/C(=N\OC(C)(C)C(=O)O)c2csc(N)n2)C(=O)N1S(=O)(=O)O. The van der Waals surface area contributed by atoms with Crippen LogP contribution in [0.25, 0.3) is 0 Å². The first-order chi connectivity index (χ1) is 15.3. The van der Waals surface area contributed by atoms with Crippen molar-refractivity contribution in [1.29, 1.82) is 0 Å². The van der Waals surface area contributed by atoms with Crippen LogP contribution in [0.5, 0.6) is 0 Å². The van der Waals surface area contributed by atoms with Crippen molar-refractivity contribution < 1.29 is 37.3 Å². The highest BCUT2D eigenvalue weighted by molar-refractivity contribution is 7.84. The van der Waals surface area contributed by atoms with Gasteiger partial charge in [0.25, 0.3) is 11.8 Å². The second-order valence-electron chi connectivity index (χ2n) is 7.36. The lowest BCUT2D eigenvalue weighted by molar-refractivity contribution is -0.161. The highest BCUT2D eigenvalue weighted by Crippen LogP contribution is 2.23. The van der Waals surface area contributed by atoms with Gasteiger partial charge in [0.05, 0.1) is 6.04 Å². The van der Waals surface area contributed by atoms with Gasteiger partial charge in [0.2, 0.25) is 5.60 Å². The van der Waals surface area contributed by atoms with Crippen molar-refractivity contribution in [2.75, 3.05) is 18.8 Å². The number of carbonyl (C=O) groups is 3. The van der Waals surface area contributed by atoms with E-state index in [1.807, 2.05) is 6.92 Å². The van der Waals surface area contributed by atoms with E-state index in [1.165, 1.54) is 19.2 Å². The molecule has 15 nitrogen and oxygen atoms in total. The van der Waals surface area contributed by atoms with Crippen LogP contribution in [0.1, 0.15) is 32.9 Å². The van der Waals surface area contributed by atoms with E-state index in [9.17, 15) is 32.5 Å². The number of β-lactam (4-membered cyclic amide) rings is 1. The number of nitrogen functional groups attached to an aromatic ring is 1. The molecule has 0 aromatic carbocycles. The number of hydrazine groups is 1. The van der Waals surface area contributed by atoms with Crippen LogP contribution in [0.3, 0.4) is 0 Å². The fourth-order valence-electron chi connectivity index (χ4n) is 2.56. The lowest BCUT2D eigenvalue weighted by Gasteiger charge is -2.44. The molecule has 0 radical (unpaired) electrons. The van der Waals surface area contributed by atoms with E-state index >= 15 is 0 Å². The van der Waals surface area contributed by atoms with Gasteiger partial charge in [-0.15, -0.1) is 11.3 Å². The zero-order valence-corrected chi connectivity index (χ0v) is 19.6. The number of aliphatic carboxylic acids is 1. The van der Waals surface area contributed by atoms with E-state index in [4.69, 9.17) is 10.6 Å². The van der Waals surface area contributed by atoms with Crippen LogP contribution in [0.2, 0.25) is 0 Å². The van der Waals surface area contributed by atoms with E-state index in [1.54, 1.807) is 0 Å². The lowest BCUT2D eigenvalue weighted by Crippen LogP contribution is -2.75. The number of hydrogen-bond acceptors (Lipinski definition) is 12. The summed E-state index contributed by atoms with van der Waals surface area (Å²) in [6.45, 7) is 4.72. The van der Waals surface area contributed by atoms with Crippen LogP contribution >= 0.6 is 11.3 Å². The van der Waals surface area contributed by atoms with Gasteiger partial charge >= 0.3 is 16.3 Å². The first-order valence-electron chi connectivity index (χ1n) is 9.57. The molecule has 17 heteroatoms. The monoisotopic (exact) mass is 507 g/mol. The van der Waals surface area contributed by atoms with Gasteiger partial charge in [0.15, 0.2) is 10.8 Å². The Morgan fingerprint density at radius 2 is 2.06 bits per heavy atom. The average molecular weight is 508 g/mol. The van der Waals surface area contributed by atoms with Gasteiger partial charge in [0.1, 0.15) is 11.7 Å². The summed E-state index contributed by atoms with van der Waals surface area (Å²) in [6.07, 6.45) is 0.766. The number of thiazole rings is 1. The summed E-state index contributed by atoms with van der Waals surface area (Å²) in [5.41, 5.74) is 8.78. The van der Waals surface area contributed by atoms with E-state index in [0.717, 1.165) is 17.8 Å². The molecule has 33 heavy (non-hydrogen) atoms. The normalized spacial score (nSPS) is 19.2. The predicted molar refractivity (Wildman–Crippen MR) is 116 cm³/mol. The number of carboxylic acids is 1. The molecular formula is C16H25N7O8S2. The zero-order chi connectivity index (χ0) is 25.0. The smallest absolute Gasteiger partial charge is 0.362 e. The molecule has 2 heterocycles. The second-order valence-corrected chi connectivity index (χ2v) is 9.53. The maximum Gasteiger partial charge on any atom is 0.362 e. The molecule has 1 aliphatic heterocycles. The standard InChI is InChI=1S/C16H25N7O8S2/c1-4-5-18-19-6-9-11(13(25)23(9)33(28,29)30)21-12(24)10(8-7-32-15(17)20-8)22-31-16(2,3)14(26)27/h7,9,11,18-19H,4-6H2,1-3H3,(H2,17,20)(H,21,24)(H,26,27)(H,28,29,30)/b22-10-/t9-,11+/m1/s1. The predicted octanol–water partition coefficient (Wildman–Crippen LogP) is -1.69. The third-order valence-corrected chi connectivity index (χ3v) is 6.00. The van der Waals surface area contributed by atoms with Gasteiger partial charge in [-0.3, -0.25) is 25.0 Å². The summed E-state index contributed by atoms with van der Waals surface area (Å²) in [6, 6.07) is -2.50. The number of anilines is 1. The summed E-state index contributed by atoms with van der Waals surface area (Å²) in [4.78, 5) is 45.4. The van der Waals surface area contributed by atoms with Crippen molar-refractivity contribution in [3.05, 3.63) is 11.1 Å². The maximum atomic E-state index is 12.9. The molecule has 2 atom stereocenters. The van der Waals surface area contributed by atoms with Gasteiger partial charge in [-0.2, -0.15) is 8.42 Å². The molecular weight excluding hydrogens is 482 g/mol. The van der Waals surface area contributed by atoms with E-state index in [-0.39, 0.29) is 21.7 Å². The Bertz CT molecular complexity index is 1040. The van der Waals surface area contributed by atoms with Crippen molar-refractivity contribution in [2.45, 2.75) is 44.9 Å². The molecule has 0 aliphatic carbocycles. The Morgan fingerprint density at radius 3 is 2.58 bits per heavy atom. The van der Waals surface area contributed by atoms with Crippen LogP contribution in [0, 0.1) is 0 Å². The minimum atomic E-state index is -4.87. The zero-order valence-electron chi connectivity index (χ0n) is 17.9. The number of carboxylic acid groups (broad SMARTS) is 1. The summed E-state index contributed by atoms with van der Waals surface area (Å²) >= 11 is 0.977. The highest BCUT2D eigenvalue weighted by Gasteiger charge is 2.54. The van der Waals surface area contributed by atoms with E-state index < -0.39 is 51.5 Å². The third kappa shape index (κ3) is 6.35. The average Bonchev–Trinajstić information content (AvgIpc) is 3.13. The number of hydrogen-bond donors (Lipinski definition) is 6. The fraction of sp³-hybridized carbons (Fsp3) is 0.562. The molecule has 2 amide bonds. The molecule has 0 spiro atoms. The molecule has 1 fully saturated rings. The summed E-state index contributed by atoms with van der Waals surface area (Å²) in [7, 11) is -4.87. The Kier molecular flexibility index (Phi) is 8.30. The molecule has 1 saturated heterocycles. The van der Waals surface area contributed by atoms with Gasteiger partial charge in [-0.25, -0.2) is 14.1 Å². The molecule has 0 saturated carbocycles. The summed E-state index contributed by atoms with van der Waals surface area (Å²) in [5.74, 6) is -3.43. The number of nitrogens with zero attached hydrogens (tertiary/aromatic N) is 3. The molecule has 1 aromatic rings. The number of amides is 2. The summed E-state index contributed by atoms with van der Waals surface area (Å²) < 4.78 is 32.7. The Hall–Kier alpha value is -2.86. The van der Waals surface area contributed by atoms with Gasteiger partial charge in [-0.1, -0.05) is 12.1 Å². The second kappa shape index (κ2) is 10.4. The van der Waals surface area contributed by atoms with E-state index in [2.05, 4.69) is 26.3 Å². The molecule has 7 N–H and O–H groups in total. The van der Waals surface area contributed by atoms with Gasteiger partial charge in [0, 0.05) is 18.5 Å². The van der Waals surface area contributed by atoms with Crippen molar-refractivity contribution in [3.8, 4) is 0 Å². The van der Waals surface area contributed by atoms with Crippen molar-refractivity contribution in [1.82, 2.24) is 25.5 Å². The fourth-order valence-corrected chi connectivity index (χ4v) is 3.99. The number of rotatable bonds is 12. The Balaban J connectivity index is 2.26. The largest absolute Gasteiger partial charge is 0.478 e. The van der Waals surface area contributed by atoms with Crippen molar-refractivity contribution in [2.24, 2.45) is 5.16 Å².